The Hall–Kier alpha value is -1.60. The number of nitrogens with one attached hydrogen (secondary N) is 2. The average molecular weight is 284 g/mol. The monoisotopic (exact) mass is 284 g/mol. The summed E-state index contributed by atoms with van der Waals surface area (Å²) in [4.78, 5) is 0. The Morgan fingerprint density at radius 2 is 2.11 bits per heavy atom. The number of thiocarbonyl (C=S) groups is 1. The van der Waals surface area contributed by atoms with E-state index in [1.54, 1.807) is 24.3 Å². The Kier molecular flexibility index (Phi) is 3.53. The van der Waals surface area contributed by atoms with Crippen molar-refractivity contribution in [1.82, 2.24) is 5.32 Å². The third-order valence-corrected chi connectivity index (χ3v) is 3.97. The van der Waals surface area contributed by atoms with E-state index in [-0.39, 0.29) is 17.3 Å². The molecule has 0 aromatic heterocycles. The molecule has 2 rings (SSSR count). The fourth-order valence-corrected chi connectivity index (χ4v) is 3.05. The molecule has 0 amide bonds. The van der Waals surface area contributed by atoms with E-state index in [4.69, 9.17) is 12.2 Å². The lowest BCUT2D eigenvalue weighted by Crippen LogP contribution is -2.28. The number of hydrogen-bond acceptors (Lipinski definition) is 4. The van der Waals surface area contributed by atoms with Crippen LogP contribution in [0.1, 0.15) is 0 Å². The zero-order valence-electron chi connectivity index (χ0n) is 9.38. The smallest absolute Gasteiger partial charge is 0.175 e. The van der Waals surface area contributed by atoms with Gasteiger partial charge in [0.1, 0.15) is 5.75 Å². The van der Waals surface area contributed by atoms with Crippen molar-refractivity contribution in [3.8, 4) is 5.75 Å². The average Bonchev–Trinajstić information content (AvgIpc) is 2.57. The lowest BCUT2D eigenvalue weighted by atomic mass is 10.3. The molecule has 1 aromatic carbocycles. The van der Waals surface area contributed by atoms with E-state index in [0.717, 1.165) is 0 Å². The van der Waals surface area contributed by atoms with Crippen molar-refractivity contribution in [3.63, 3.8) is 0 Å². The van der Waals surface area contributed by atoms with Crippen LogP contribution in [0.25, 0.3) is 0 Å². The molecule has 0 saturated carbocycles. The van der Waals surface area contributed by atoms with Crippen molar-refractivity contribution in [2.45, 2.75) is 0 Å². The van der Waals surface area contributed by atoms with Crippen LogP contribution in [0.3, 0.4) is 0 Å². The Bertz CT molecular complexity index is 608. The van der Waals surface area contributed by atoms with Gasteiger partial charge in [0.25, 0.3) is 0 Å². The van der Waals surface area contributed by atoms with Crippen molar-refractivity contribution < 1.29 is 13.5 Å². The molecule has 1 aliphatic heterocycles. The minimum Gasteiger partial charge on any atom is -0.508 e. The molecule has 0 bridgehead atoms. The van der Waals surface area contributed by atoms with Gasteiger partial charge in [-0.1, -0.05) is 6.07 Å². The van der Waals surface area contributed by atoms with Crippen LogP contribution < -0.4 is 10.6 Å². The fraction of sp³-hybridized carbons (Fsp3) is 0.182. The molecule has 96 valence electrons. The minimum atomic E-state index is -3.00. The first kappa shape index (κ1) is 12.8. The van der Waals surface area contributed by atoms with Gasteiger partial charge in [-0.2, -0.15) is 0 Å². The van der Waals surface area contributed by atoms with E-state index < -0.39 is 9.84 Å². The molecule has 3 N–H and O–H groups in total. The van der Waals surface area contributed by atoms with Gasteiger partial charge >= 0.3 is 0 Å². The molecule has 0 saturated heterocycles. The van der Waals surface area contributed by atoms with Gasteiger partial charge in [0.2, 0.25) is 0 Å². The molecule has 5 nitrogen and oxygen atoms in total. The maximum Gasteiger partial charge on any atom is 0.175 e. The normalized spacial score (nSPS) is 17.0. The number of sulfone groups is 1. The number of phenolic OH excluding ortho intramolecular Hbond substituents is 1. The molecule has 7 heteroatoms. The highest BCUT2D eigenvalue weighted by Crippen LogP contribution is 2.15. The molecule has 1 aliphatic rings. The first-order valence-electron chi connectivity index (χ1n) is 5.21. The summed E-state index contributed by atoms with van der Waals surface area (Å²) in [6, 6.07) is 6.49. The van der Waals surface area contributed by atoms with Gasteiger partial charge in [0, 0.05) is 17.5 Å². The molecule has 0 spiro atoms. The second-order valence-corrected chi connectivity index (χ2v) is 6.43. The molecule has 1 aromatic rings. The highest BCUT2D eigenvalue weighted by atomic mass is 32.2. The molecule has 0 aliphatic carbocycles. The second-order valence-electron chi connectivity index (χ2n) is 3.91. The van der Waals surface area contributed by atoms with Crippen LogP contribution in [-0.4, -0.2) is 30.1 Å². The summed E-state index contributed by atoms with van der Waals surface area (Å²) in [7, 11) is -3.00. The van der Waals surface area contributed by atoms with Crippen molar-refractivity contribution in [2.75, 3.05) is 16.8 Å². The number of benzene rings is 1. The van der Waals surface area contributed by atoms with Crippen LogP contribution in [0.15, 0.2) is 36.0 Å². The van der Waals surface area contributed by atoms with Crippen LogP contribution >= 0.6 is 12.2 Å². The maximum absolute atomic E-state index is 11.2. The third-order valence-electron chi connectivity index (χ3n) is 2.34. The summed E-state index contributed by atoms with van der Waals surface area (Å²) in [5.41, 5.74) is 1.21. The van der Waals surface area contributed by atoms with Gasteiger partial charge in [-0.25, -0.2) is 8.42 Å². The Morgan fingerprint density at radius 1 is 1.33 bits per heavy atom. The maximum atomic E-state index is 11.2. The topological polar surface area (TPSA) is 78.4 Å². The number of hydrogen-bond donors (Lipinski definition) is 3. The van der Waals surface area contributed by atoms with Crippen LogP contribution in [0, 0.1) is 0 Å². The van der Waals surface area contributed by atoms with Gasteiger partial charge in [-0.05, 0) is 30.4 Å². The molecule has 0 radical (unpaired) electrons. The fourth-order valence-electron chi connectivity index (χ4n) is 1.56. The van der Waals surface area contributed by atoms with Gasteiger partial charge in [0.15, 0.2) is 14.9 Å². The third kappa shape index (κ3) is 3.44. The van der Waals surface area contributed by atoms with Crippen molar-refractivity contribution >= 4 is 32.9 Å². The molecule has 0 atom stereocenters. The van der Waals surface area contributed by atoms with Crippen LogP contribution in [0.2, 0.25) is 0 Å². The summed E-state index contributed by atoms with van der Waals surface area (Å²) in [5.74, 6) is 0.157. The number of aromatic hydroxyl groups is 1. The SMILES string of the molecule is O=S1(=O)CC=C(NC(=S)Nc2cccc(O)c2)C1. The van der Waals surface area contributed by atoms with Gasteiger partial charge < -0.3 is 15.7 Å². The summed E-state index contributed by atoms with van der Waals surface area (Å²) >= 11 is 5.05. The molecule has 0 unspecified atom stereocenters. The molecule has 1 heterocycles. The van der Waals surface area contributed by atoms with E-state index in [9.17, 15) is 13.5 Å². The van der Waals surface area contributed by atoms with Crippen LogP contribution in [0.5, 0.6) is 5.75 Å². The molecular formula is C11H12N2O3S2. The van der Waals surface area contributed by atoms with E-state index in [0.29, 0.717) is 16.5 Å². The van der Waals surface area contributed by atoms with E-state index >= 15 is 0 Å². The van der Waals surface area contributed by atoms with Crippen molar-refractivity contribution in [1.29, 1.82) is 0 Å². The quantitative estimate of drug-likeness (QED) is 0.703. The minimum absolute atomic E-state index is 0.0190. The number of phenols is 1. The van der Waals surface area contributed by atoms with E-state index in [1.165, 1.54) is 6.07 Å². The first-order valence-corrected chi connectivity index (χ1v) is 7.44. The van der Waals surface area contributed by atoms with E-state index in [1.807, 2.05) is 0 Å². The highest BCUT2D eigenvalue weighted by molar-refractivity contribution is 7.92. The highest BCUT2D eigenvalue weighted by Gasteiger charge is 2.20. The first-order chi connectivity index (χ1) is 8.44. The summed E-state index contributed by atoms with van der Waals surface area (Å²) in [6.45, 7) is 0. The zero-order valence-corrected chi connectivity index (χ0v) is 11.0. The largest absolute Gasteiger partial charge is 0.508 e. The Labute approximate surface area is 110 Å². The van der Waals surface area contributed by atoms with Crippen LogP contribution in [-0.2, 0) is 9.84 Å². The summed E-state index contributed by atoms with van der Waals surface area (Å²) < 4.78 is 22.5. The van der Waals surface area contributed by atoms with Crippen molar-refractivity contribution in [2.24, 2.45) is 0 Å². The zero-order chi connectivity index (χ0) is 13.2. The van der Waals surface area contributed by atoms with Gasteiger partial charge in [-0.3, -0.25) is 0 Å². The standard InChI is InChI=1S/C11H12N2O3S2/c14-10-3-1-2-8(6-10)12-11(17)13-9-4-5-18(15,16)7-9/h1-4,6,14H,5,7H2,(H2,12,13,17). The number of anilines is 1. The molecular weight excluding hydrogens is 272 g/mol. The predicted octanol–water partition coefficient (Wildman–Crippen LogP) is 0.991. The predicted molar refractivity (Wildman–Crippen MR) is 74.2 cm³/mol. The van der Waals surface area contributed by atoms with Crippen LogP contribution in [0.4, 0.5) is 5.69 Å². The summed E-state index contributed by atoms with van der Waals surface area (Å²) in [6.07, 6.45) is 1.60. The summed E-state index contributed by atoms with van der Waals surface area (Å²) in [5, 5.41) is 15.3. The van der Waals surface area contributed by atoms with E-state index in [2.05, 4.69) is 10.6 Å². The second kappa shape index (κ2) is 4.95. The Morgan fingerprint density at radius 3 is 2.72 bits per heavy atom. The Balaban J connectivity index is 1.94. The van der Waals surface area contributed by atoms with Crippen molar-refractivity contribution in [3.05, 3.63) is 36.0 Å². The van der Waals surface area contributed by atoms with Gasteiger partial charge in [-0.15, -0.1) is 0 Å². The number of rotatable bonds is 2. The lowest BCUT2D eigenvalue weighted by molar-refractivity contribution is 0.475. The molecule has 18 heavy (non-hydrogen) atoms. The molecule has 0 fully saturated rings. The lowest BCUT2D eigenvalue weighted by Gasteiger charge is -2.10. The van der Waals surface area contributed by atoms with Gasteiger partial charge in [0.05, 0.1) is 11.5 Å².